The fourth-order valence-corrected chi connectivity index (χ4v) is 3.60. The number of nitrogens with zero attached hydrogens (tertiary/aromatic N) is 2. The van der Waals surface area contributed by atoms with Crippen LogP contribution in [0.4, 0.5) is 19.0 Å². The number of aryl methyl sites for hydroxylation is 1. The molecular formula is C25H30F3N3O3. The average molecular weight is 478 g/mol. The van der Waals surface area contributed by atoms with Crippen molar-refractivity contribution in [2.45, 2.75) is 46.3 Å². The molecule has 0 fully saturated rings. The van der Waals surface area contributed by atoms with E-state index in [1.165, 1.54) is 19.2 Å². The summed E-state index contributed by atoms with van der Waals surface area (Å²) in [5, 5.41) is 3.69. The highest BCUT2D eigenvalue weighted by Gasteiger charge is 2.29. The molecule has 3 rings (SSSR count). The molecule has 3 aromatic rings. The molecule has 0 radical (unpaired) electrons. The minimum Gasteiger partial charge on any atom is -0.493 e. The quantitative estimate of drug-likeness (QED) is 0.395. The highest BCUT2D eigenvalue weighted by atomic mass is 19.3. The van der Waals surface area contributed by atoms with Gasteiger partial charge >= 0.3 is 0 Å². The summed E-state index contributed by atoms with van der Waals surface area (Å²) >= 11 is 0. The van der Waals surface area contributed by atoms with Crippen LogP contribution in [0.2, 0.25) is 0 Å². The molecule has 0 aliphatic carbocycles. The molecule has 34 heavy (non-hydrogen) atoms. The molecule has 0 aliphatic rings. The van der Waals surface area contributed by atoms with Gasteiger partial charge in [-0.1, -0.05) is 32.0 Å². The number of benzene rings is 2. The van der Waals surface area contributed by atoms with Crippen molar-refractivity contribution in [3.63, 3.8) is 0 Å². The third kappa shape index (κ3) is 5.70. The van der Waals surface area contributed by atoms with Gasteiger partial charge in [0.25, 0.3) is 5.92 Å². The van der Waals surface area contributed by atoms with E-state index in [4.69, 9.17) is 14.2 Å². The molecule has 0 saturated heterocycles. The van der Waals surface area contributed by atoms with Gasteiger partial charge < -0.3 is 19.5 Å². The summed E-state index contributed by atoms with van der Waals surface area (Å²) in [7, 11) is 3.17. The first-order valence-electron chi connectivity index (χ1n) is 11.0. The van der Waals surface area contributed by atoms with Crippen LogP contribution in [0.15, 0.2) is 30.3 Å². The van der Waals surface area contributed by atoms with Gasteiger partial charge in [0.1, 0.15) is 24.1 Å². The van der Waals surface area contributed by atoms with Crippen molar-refractivity contribution in [1.82, 2.24) is 9.97 Å². The number of aromatic nitrogens is 2. The summed E-state index contributed by atoms with van der Waals surface area (Å²) in [4.78, 5) is 8.90. The number of hydrogen-bond acceptors (Lipinski definition) is 6. The Hall–Kier alpha value is -3.07. The van der Waals surface area contributed by atoms with E-state index in [-0.39, 0.29) is 24.1 Å². The number of alkyl halides is 2. The maximum absolute atomic E-state index is 14.7. The molecule has 0 saturated carbocycles. The van der Waals surface area contributed by atoms with Crippen molar-refractivity contribution >= 4 is 16.7 Å². The van der Waals surface area contributed by atoms with Gasteiger partial charge in [-0.05, 0) is 18.9 Å². The van der Waals surface area contributed by atoms with Crippen LogP contribution < -0.4 is 14.8 Å². The first kappa shape index (κ1) is 25.6. The Morgan fingerprint density at radius 2 is 1.82 bits per heavy atom. The van der Waals surface area contributed by atoms with Crippen molar-refractivity contribution in [1.29, 1.82) is 0 Å². The molecule has 0 aliphatic heterocycles. The van der Waals surface area contributed by atoms with Crippen molar-refractivity contribution in [2.24, 2.45) is 5.92 Å². The third-order valence-electron chi connectivity index (χ3n) is 5.54. The van der Waals surface area contributed by atoms with Gasteiger partial charge in [0, 0.05) is 37.6 Å². The van der Waals surface area contributed by atoms with E-state index in [0.717, 1.165) is 6.07 Å². The highest BCUT2D eigenvalue weighted by Crippen LogP contribution is 2.35. The van der Waals surface area contributed by atoms with Gasteiger partial charge in [0.2, 0.25) is 0 Å². The Labute approximate surface area is 197 Å². The minimum absolute atomic E-state index is 0.0391. The van der Waals surface area contributed by atoms with Gasteiger partial charge in [0.15, 0.2) is 11.5 Å². The maximum atomic E-state index is 14.7. The van der Waals surface area contributed by atoms with Crippen molar-refractivity contribution in [3.8, 4) is 11.5 Å². The van der Waals surface area contributed by atoms with E-state index >= 15 is 0 Å². The Kier molecular flexibility index (Phi) is 7.86. The van der Waals surface area contributed by atoms with Crippen molar-refractivity contribution in [3.05, 3.63) is 53.1 Å². The van der Waals surface area contributed by atoms with Crippen molar-refractivity contribution < 1.29 is 27.4 Å². The van der Waals surface area contributed by atoms with Crippen LogP contribution in [0, 0.1) is 18.7 Å². The van der Waals surface area contributed by atoms with Crippen LogP contribution in [0.25, 0.3) is 10.9 Å². The third-order valence-corrected chi connectivity index (χ3v) is 5.54. The zero-order valence-corrected chi connectivity index (χ0v) is 20.2. The normalized spacial score (nSPS) is 12.8. The molecule has 1 unspecified atom stereocenters. The Balaban J connectivity index is 1.95. The lowest BCUT2D eigenvalue weighted by Gasteiger charge is -2.21. The number of fused-ring (bicyclic) bond motifs is 1. The SMILES string of the molecule is COc1cc2nc(C)nc(NCc3cccc(C(C)(F)F)c3F)c2cc1OCC(OC)C(C)C. The van der Waals surface area contributed by atoms with E-state index < -0.39 is 17.3 Å². The Morgan fingerprint density at radius 1 is 1.09 bits per heavy atom. The topological polar surface area (TPSA) is 65.5 Å². The molecule has 6 nitrogen and oxygen atoms in total. The summed E-state index contributed by atoms with van der Waals surface area (Å²) in [5.74, 6) is -2.08. The first-order chi connectivity index (χ1) is 16.0. The predicted octanol–water partition coefficient (Wildman–Crippen LogP) is 5.86. The Morgan fingerprint density at radius 3 is 2.44 bits per heavy atom. The van der Waals surface area contributed by atoms with E-state index in [0.29, 0.717) is 47.6 Å². The monoisotopic (exact) mass is 477 g/mol. The highest BCUT2D eigenvalue weighted by molar-refractivity contribution is 5.91. The van der Waals surface area contributed by atoms with Gasteiger partial charge in [-0.2, -0.15) is 0 Å². The first-order valence-corrected chi connectivity index (χ1v) is 11.0. The van der Waals surface area contributed by atoms with Crippen LogP contribution in [0.1, 0.15) is 37.7 Å². The van der Waals surface area contributed by atoms with Crippen molar-refractivity contribution in [2.75, 3.05) is 26.1 Å². The number of anilines is 1. The molecule has 1 heterocycles. The molecule has 0 spiro atoms. The van der Waals surface area contributed by atoms with E-state index in [9.17, 15) is 13.2 Å². The van der Waals surface area contributed by atoms with Crippen LogP contribution in [0.5, 0.6) is 11.5 Å². The van der Waals surface area contributed by atoms with Gasteiger partial charge in [-0.15, -0.1) is 0 Å². The second-order valence-electron chi connectivity index (χ2n) is 8.49. The fourth-order valence-electron chi connectivity index (χ4n) is 3.60. The summed E-state index contributed by atoms with van der Waals surface area (Å²) in [6.45, 7) is 6.75. The fraction of sp³-hybridized carbons (Fsp3) is 0.440. The van der Waals surface area contributed by atoms with E-state index in [2.05, 4.69) is 15.3 Å². The lowest BCUT2D eigenvalue weighted by atomic mass is 10.0. The second-order valence-corrected chi connectivity index (χ2v) is 8.49. The summed E-state index contributed by atoms with van der Waals surface area (Å²) in [5.41, 5.74) is 0.0581. The summed E-state index contributed by atoms with van der Waals surface area (Å²) in [6.07, 6.45) is -0.112. The lowest BCUT2D eigenvalue weighted by molar-refractivity contribution is 0.0136. The average Bonchev–Trinajstić information content (AvgIpc) is 2.77. The molecule has 0 bridgehead atoms. The molecule has 184 valence electrons. The number of nitrogens with one attached hydrogen (secondary N) is 1. The molecule has 9 heteroatoms. The largest absolute Gasteiger partial charge is 0.493 e. The number of halogens is 3. The molecule has 1 N–H and O–H groups in total. The van der Waals surface area contributed by atoms with Gasteiger partial charge in [-0.25, -0.2) is 23.1 Å². The zero-order valence-electron chi connectivity index (χ0n) is 20.2. The van der Waals surface area contributed by atoms with Gasteiger partial charge in [0.05, 0.1) is 24.3 Å². The number of hydrogen-bond donors (Lipinski definition) is 1. The Bertz CT molecular complexity index is 1150. The van der Waals surface area contributed by atoms with E-state index in [1.54, 1.807) is 26.2 Å². The van der Waals surface area contributed by atoms with Crippen LogP contribution >= 0.6 is 0 Å². The number of ether oxygens (including phenoxy) is 3. The molecule has 2 aromatic carbocycles. The molecular weight excluding hydrogens is 447 g/mol. The predicted molar refractivity (Wildman–Crippen MR) is 125 cm³/mol. The summed E-state index contributed by atoms with van der Waals surface area (Å²) in [6, 6.07) is 7.44. The zero-order chi connectivity index (χ0) is 25.0. The maximum Gasteiger partial charge on any atom is 0.273 e. The molecule has 1 atom stereocenters. The number of rotatable bonds is 10. The van der Waals surface area contributed by atoms with E-state index in [1.807, 2.05) is 13.8 Å². The molecule has 0 amide bonds. The molecule has 1 aromatic heterocycles. The standard InChI is InChI=1S/C25H30F3N3O3/c1-14(2)22(33-6)13-34-21-10-17-19(11-20(21)32-5)30-15(3)31-24(17)29-12-16-8-7-9-18(23(16)26)25(4,27)28/h7-11,14,22H,12-13H2,1-6H3,(H,29,30,31). The summed E-state index contributed by atoms with van der Waals surface area (Å²) < 4.78 is 59.1. The minimum atomic E-state index is -3.28. The van der Waals surface area contributed by atoms with Crippen LogP contribution in [-0.4, -0.2) is 36.9 Å². The van der Waals surface area contributed by atoms with Crippen LogP contribution in [0.3, 0.4) is 0 Å². The van der Waals surface area contributed by atoms with Crippen LogP contribution in [-0.2, 0) is 17.2 Å². The lowest BCUT2D eigenvalue weighted by Crippen LogP contribution is -2.26. The number of methoxy groups -OCH3 is 2. The second kappa shape index (κ2) is 10.5. The smallest absolute Gasteiger partial charge is 0.273 e. The van der Waals surface area contributed by atoms with Gasteiger partial charge in [-0.3, -0.25) is 0 Å².